The van der Waals surface area contributed by atoms with Gasteiger partial charge in [-0.1, -0.05) is 58.9 Å². The fourth-order valence-electron chi connectivity index (χ4n) is 4.80. The van der Waals surface area contributed by atoms with E-state index in [1.165, 1.54) is 23.9 Å². The molecule has 214 valence electrons. The number of hydrogen-bond acceptors (Lipinski definition) is 5. The highest BCUT2D eigenvalue weighted by Gasteiger charge is 2.28. The Labute approximate surface area is 245 Å². The summed E-state index contributed by atoms with van der Waals surface area (Å²) in [4.78, 5) is 28.3. The number of nitrogens with zero attached hydrogens (tertiary/aromatic N) is 2. The molecule has 39 heavy (non-hydrogen) atoms. The van der Waals surface area contributed by atoms with Gasteiger partial charge in [0.2, 0.25) is 21.8 Å². The maximum Gasteiger partial charge on any atom is 0.242 e. The lowest BCUT2D eigenvalue weighted by molar-refractivity contribution is -0.141. The van der Waals surface area contributed by atoms with Crippen LogP contribution in [0.15, 0.2) is 46.9 Å². The second-order valence-electron chi connectivity index (χ2n) is 9.93. The molecule has 0 saturated heterocycles. The summed E-state index contributed by atoms with van der Waals surface area (Å²) in [5.74, 6) is 0.0473. The molecule has 1 unspecified atom stereocenters. The third-order valence-corrected chi connectivity index (χ3v) is 8.92. The topological polar surface area (TPSA) is 96.0 Å². The van der Waals surface area contributed by atoms with E-state index < -0.39 is 16.1 Å². The lowest BCUT2D eigenvalue weighted by Crippen LogP contribution is -2.50. The van der Waals surface area contributed by atoms with E-state index in [4.69, 9.17) is 16.3 Å². The summed E-state index contributed by atoms with van der Waals surface area (Å²) >= 11 is 9.69. The number of methoxy groups -OCH3 is 1. The SMILES string of the molecule is COc1ccc(N(CCCC(=O)N(Cc2cccc(Br)c2)C(C)C(=O)NC2CCCCC2)S(C)(=O)=O)cc1Cl. The third-order valence-electron chi connectivity index (χ3n) is 6.94. The van der Waals surface area contributed by atoms with Gasteiger partial charge in [0, 0.05) is 30.0 Å². The average molecular weight is 643 g/mol. The lowest BCUT2D eigenvalue weighted by atomic mass is 9.95. The molecule has 0 spiro atoms. The summed E-state index contributed by atoms with van der Waals surface area (Å²) in [6.07, 6.45) is 6.73. The number of carbonyl (C=O) groups excluding carboxylic acids is 2. The highest BCUT2D eigenvalue weighted by Crippen LogP contribution is 2.30. The minimum absolute atomic E-state index is 0.0744. The standard InChI is InChI=1S/C28H37BrClN3O5S/c1-20(28(35)31-23-11-5-4-6-12-23)32(19-21-9-7-10-22(29)17-21)27(34)13-8-16-33(39(3,36)37)24-14-15-26(38-2)25(30)18-24/h7,9-10,14-15,17-18,20,23H,4-6,8,11-13,16,19H2,1-3H3,(H,31,35). The molecular weight excluding hydrogens is 606 g/mol. The zero-order valence-corrected chi connectivity index (χ0v) is 25.8. The number of ether oxygens (including phenoxy) is 1. The van der Waals surface area contributed by atoms with Crippen LogP contribution in [0.3, 0.4) is 0 Å². The molecule has 0 heterocycles. The summed E-state index contributed by atoms with van der Waals surface area (Å²) < 4.78 is 32.4. The molecule has 8 nitrogen and oxygen atoms in total. The molecule has 11 heteroatoms. The van der Waals surface area contributed by atoms with Crippen LogP contribution in [-0.4, -0.2) is 57.1 Å². The monoisotopic (exact) mass is 641 g/mol. The first kappa shape index (κ1) is 31.2. The van der Waals surface area contributed by atoms with E-state index in [0.29, 0.717) is 11.4 Å². The summed E-state index contributed by atoms with van der Waals surface area (Å²) in [6, 6.07) is 11.8. The molecule has 0 aliphatic heterocycles. The maximum atomic E-state index is 13.5. The summed E-state index contributed by atoms with van der Waals surface area (Å²) in [7, 11) is -2.15. The van der Waals surface area contributed by atoms with Crippen molar-refractivity contribution < 1.29 is 22.7 Å². The fourth-order valence-corrected chi connectivity index (χ4v) is 6.45. The van der Waals surface area contributed by atoms with E-state index in [1.54, 1.807) is 24.0 Å². The van der Waals surface area contributed by atoms with E-state index in [0.717, 1.165) is 42.0 Å². The molecule has 1 fully saturated rings. The lowest BCUT2D eigenvalue weighted by Gasteiger charge is -2.31. The van der Waals surface area contributed by atoms with Crippen molar-refractivity contribution >= 4 is 55.1 Å². The summed E-state index contributed by atoms with van der Waals surface area (Å²) in [5, 5.41) is 3.42. The van der Waals surface area contributed by atoms with Gasteiger partial charge in [-0.2, -0.15) is 0 Å². The van der Waals surface area contributed by atoms with Crippen LogP contribution in [0.2, 0.25) is 5.02 Å². The van der Waals surface area contributed by atoms with Crippen molar-refractivity contribution in [2.24, 2.45) is 0 Å². The van der Waals surface area contributed by atoms with Crippen molar-refractivity contribution in [2.45, 2.75) is 70.5 Å². The molecule has 0 aromatic heterocycles. The van der Waals surface area contributed by atoms with Crippen LogP contribution in [0.25, 0.3) is 0 Å². The zero-order chi connectivity index (χ0) is 28.6. The molecule has 1 saturated carbocycles. The second kappa shape index (κ2) is 14.4. The molecule has 1 aliphatic carbocycles. The average Bonchev–Trinajstić information content (AvgIpc) is 2.89. The molecule has 0 radical (unpaired) electrons. The van der Waals surface area contributed by atoms with Crippen LogP contribution in [0.4, 0.5) is 5.69 Å². The van der Waals surface area contributed by atoms with Gasteiger partial charge in [-0.05, 0) is 62.1 Å². The van der Waals surface area contributed by atoms with Crippen molar-refractivity contribution in [3.05, 3.63) is 57.5 Å². The highest BCUT2D eigenvalue weighted by atomic mass is 79.9. The summed E-state index contributed by atoms with van der Waals surface area (Å²) in [6.45, 7) is 2.10. The molecule has 3 rings (SSSR count). The molecule has 1 aliphatic rings. The van der Waals surface area contributed by atoms with Gasteiger partial charge in [-0.25, -0.2) is 8.42 Å². The normalized spacial score (nSPS) is 14.9. The Hall–Kier alpha value is -2.30. The highest BCUT2D eigenvalue weighted by molar-refractivity contribution is 9.10. The van der Waals surface area contributed by atoms with Crippen LogP contribution in [0.1, 0.15) is 57.4 Å². The minimum Gasteiger partial charge on any atom is -0.495 e. The van der Waals surface area contributed by atoms with E-state index in [-0.39, 0.29) is 48.8 Å². The van der Waals surface area contributed by atoms with Crippen LogP contribution in [0.5, 0.6) is 5.75 Å². The van der Waals surface area contributed by atoms with E-state index in [9.17, 15) is 18.0 Å². The van der Waals surface area contributed by atoms with Gasteiger partial charge < -0.3 is 15.0 Å². The van der Waals surface area contributed by atoms with Gasteiger partial charge in [0.25, 0.3) is 0 Å². The molecule has 2 aromatic carbocycles. The van der Waals surface area contributed by atoms with Crippen molar-refractivity contribution in [1.82, 2.24) is 10.2 Å². The molecule has 2 aromatic rings. The predicted molar refractivity (Wildman–Crippen MR) is 159 cm³/mol. The van der Waals surface area contributed by atoms with E-state index in [1.807, 2.05) is 24.3 Å². The van der Waals surface area contributed by atoms with Gasteiger partial charge >= 0.3 is 0 Å². The van der Waals surface area contributed by atoms with Gasteiger partial charge in [-0.3, -0.25) is 13.9 Å². The number of sulfonamides is 1. The van der Waals surface area contributed by atoms with Crippen LogP contribution in [-0.2, 0) is 26.2 Å². The number of anilines is 1. The quantitative estimate of drug-likeness (QED) is 0.329. The number of carbonyl (C=O) groups is 2. The Bertz CT molecular complexity index is 1250. The van der Waals surface area contributed by atoms with Gasteiger partial charge in [0.15, 0.2) is 0 Å². The van der Waals surface area contributed by atoms with Crippen molar-refractivity contribution in [3.8, 4) is 5.75 Å². The number of halogens is 2. The predicted octanol–water partition coefficient (Wildman–Crippen LogP) is 5.52. The second-order valence-corrected chi connectivity index (χ2v) is 13.2. The fraction of sp³-hybridized carbons (Fsp3) is 0.500. The first-order valence-corrected chi connectivity index (χ1v) is 16.2. The number of nitrogens with one attached hydrogen (secondary N) is 1. The molecule has 1 atom stereocenters. The smallest absolute Gasteiger partial charge is 0.242 e. The van der Waals surface area contributed by atoms with Crippen molar-refractivity contribution in [3.63, 3.8) is 0 Å². The van der Waals surface area contributed by atoms with Gasteiger partial charge in [-0.15, -0.1) is 0 Å². The number of amides is 2. The number of hydrogen-bond donors (Lipinski definition) is 1. The Morgan fingerprint density at radius 3 is 2.49 bits per heavy atom. The van der Waals surface area contributed by atoms with Crippen molar-refractivity contribution in [2.75, 3.05) is 24.2 Å². The first-order valence-electron chi connectivity index (χ1n) is 13.1. The van der Waals surface area contributed by atoms with Crippen LogP contribution >= 0.6 is 27.5 Å². The van der Waals surface area contributed by atoms with Crippen LogP contribution < -0.4 is 14.4 Å². The number of benzene rings is 2. The molecular formula is C28H37BrClN3O5S. The molecule has 1 N–H and O–H groups in total. The Morgan fingerprint density at radius 2 is 1.87 bits per heavy atom. The van der Waals surface area contributed by atoms with E-state index in [2.05, 4.69) is 21.2 Å². The Kier molecular flexibility index (Phi) is 11.5. The largest absolute Gasteiger partial charge is 0.495 e. The Morgan fingerprint density at radius 1 is 1.15 bits per heavy atom. The zero-order valence-electron chi connectivity index (χ0n) is 22.7. The maximum absolute atomic E-state index is 13.5. The number of rotatable bonds is 12. The molecule has 0 bridgehead atoms. The van der Waals surface area contributed by atoms with Crippen molar-refractivity contribution in [1.29, 1.82) is 0 Å². The minimum atomic E-state index is -3.63. The van der Waals surface area contributed by atoms with E-state index >= 15 is 0 Å². The Balaban J connectivity index is 1.73. The van der Waals surface area contributed by atoms with Crippen LogP contribution in [0, 0.1) is 0 Å². The molecule has 2 amide bonds. The summed E-state index contributed by atoms with van der Waals surface area (Å²) in [5.41, 5.74) is 1.28. The third kappa shape index (κ3) is 9.11. The first-order chi connectivity index (χ1) is 18.5. The van der Waals surface area contributed by atoms with Gasteiger partial charge in [0.1, 0.15) is 11.8 Å². The van der Waals surface area contributed by atoms with Gasteiger partial charge in [0.05, 0.1) is 24.1 Å².